The number of benzene rings is 1. The molecule has 2 saturated heterocycles. The van der Waals surface area contributed by atoms with Crippen molar-refractivity contribution >= 4 is 18.3 Å². The number of amides is 1. The normalized spacial score (nSPS) is 24.7. The first-order chi connectivity index (χ1) is 11.6. The van der Waals surface area contributed by atoms with Crippen molar-refractivity contribution in [2.45, 2.75) is 64.0 Å². The van der Waals surface area contributed by atoms with E-state index < -0.39 is 0 Å². The summed E-state index contributed by atoms with van der Waals surface area (Å²) in [5.74, 6) is 2.08. The van der Waals surface area contributed by atoms with E-state index in [9.17, 15) is 4.79 Å². The molecule has 1 amide bonds. The summed E-state index contributed by atoms with van der Waals surface area (Å²) in [6, 6.07) is 9.43. The van der Waals surface area contributed by atoms with Crippen LogP contribution in [0.2, 0.25) is 0 Å². The van der Waals surface area contributed by atoms with Crippen molar-refractivity contribution in [2.75, 3.05) is 13.2 Å². The van der Waals surface area contributed by atoms with E-state index in [2.05, 4.69) is 30.5 Å². The van der Waals surface area contributed by atoms with Gasteiger partial charge in [0.15, 0.2) is 0 Å². The van der Waals surface area contributed by atoms with Crippen LogP contribution in [0.1, 0.15) is 57.4 Å². The third kappa shape index (κ3) is 5.61. The van der Waals surface area contributed by atoms with Gasteiger partial charge in [0.2, 0.25) is 5.91 Å². The SMILES string of the molecule is CC(C)c1ccccc1OCCNC(=O)CC1CC2CCC(C1)N2.Cl. The van der Waals surface area contributed by atoms with Gasteiger partial charge in [-0.1, -0.05) is 32.0 Å². The number of piperidine rings is 1. The van der Waals surface area contributed by atoms with Crippen molar-refractivity contribution in [1.82, 2.24) is 10.6 Å². The van der Waals surface area contributed by atoms with Crippen molar-refractivity contribution in [3.8, 4) is 5.75 Å². The molecule has 25 heavy (non-hydrogen) atoms. The van der Waals surface area contributed by atoms with E-state index in [-0.39, 0.29) is 18.3 Å². The smallest absolute Gasteiger partial charge is 0.220 e. The van der Waals surface area contributed by atoms with Crippen LogP contribution in [0.15, 0.2) is 24.3 Å². The van der Waals surface area contributed by atoms with Crippen LogP contribution in [0.4, 0.5) is 0 Å². The van der Waals surface area contributed by atoms with Gasteiger partial charge in [0, 0.05) is 18.5 Å². The fourth-order valence-corrected chi connectivity index (χ4v) is 4.12. The number of rotatable bonds is 7. The van der Waals surface area contributed by atoms with E-state index in [0.29, 0.717) is 43.5 Å². The lowest BCUT2D eigenvalue weighted by Crippen LogP contribution is -2.40. The van der Waals surface area contributed by atoms with Crippen molar-refractivity contribution in [3.05, 3.63) is 29.8 Å². The first kappa shape index (κ1) is 20.1. The molecule has 0 aliphatic carbocycles. The van der Waals surface area contributed by atoms with Gasteiger partial charge in [-0.25, -0.2) is 0 Å². The fourth-order valence-electron chi connectivity index (χ4n) is 4.12. The molecule has 5 heteroatoms. The van der Waals surface area contributed by atoms with E-state index in [0.717, 1.165) is 18.6 Å². The number of fused-ring (bicyclic) bond motifs is 2. The maximum atomic E-state index is 12.1. The molecule has 3 rings (SSSR count). The molecular weight excluding hydrogens is 336 g/mol. The summed E-state index contributed by atoms with van der Waals surface area (Å²) in [5.41, 5.74) is 1.22. The van der Waals surface area contributed by atoms with Crippen LogP contribution in [0.3, 0.4) is 0 Å². The highest BCUT2D eigenvalue weighted by atomic mass is 35.5. The van der Waals surface area contributed by atoms with Gasteiger partial charge < -0.3 is 15.4 Å². The summed E-state index contributed by atoms with van der Waals surface area (Å²) in [4.78, 5) is 12.1. The van der Waals surface area contributed by atoms with Gasteiger partial charge in [0.1, 0.15) is 12.4 Å². The van der Waals surface area contributed by atoms with Gasteiger partial charge in [-0.15, -0.1) is 12.4 Å². The number of halogens is 1. The Labute approximate surface area is 157 Å². The number of nitrogens with one attached hydrogen (secondary N) is 2. The Morgan fingerprint density at radius 1 is 1.24 bits per heavy atom. The summed E-state index contributed by atoms with van der Waals surface area (Å²) in [5, 5.41) is 6.64. The average molecular weight is 367 g/mol. The standard InChI is InChI=1S/C20H30N2O2.ClH/c1-14(2)18-5-3-4-6-19(18)24-10-9-21-20(23)13-15-11-16-7-8-17(12-15)22-16;/h3-6,14-17,22H,7-13H2,1-2H3,(H,21,23);1H. The molecule has 2 atom stereocenters. The second-order valence-electron chi connectivity index (χ2n) is 7.57. The molecule has 2 fully saturated rings. The van der Waals surface area contributed by atoms with E-state index in [1.807, 2.05) is 18.2 Å². The molecule has 2 unspecified atom stereocenters. The van der Waals surface area contributed by atoms with Gasteiger partial charge in [0.05, 0.1) is 6.54 Å². The highest BCUT2D eigenvalue weighted by Gasteiger charge is 2.34. The molecule has 1 aromatic rings. The Bertz CT molecular complexity index is 552. The maximum Gasteiger partial charge on any atom is 0.220 e. The molecule has 1 aromatic carbocycles. The summed E-state index contributed by atoms with van der Waals surface area (Å²) < 4.78 is 5.86. The number of hydrogen-bond acceptors (Lipinski definition) is 3. The minimum atomic E-state index is 0. The van der Waals surface area contributed by atoms with Crippen LogP contribution in [0.25, 0.3) is 0 Å². The number of carbonyl (C=O) groups is 1. The van der Waals surface area contributed by atoms with Crippen LogP contribution in [0.5, 0.6) is 5.75 Å². The van der Waals surface area contributed by atoms with E-state index in [1.165, 1.54) is 18.4 Å². The van der Waals surface area contributed by atoms with E-state index in [1.54, 1.807) is 0 Å². The highest BCUT2D eigenvalue weighted by molar-refractivity contribution is 5.85. The molecule has 0 spiro atoms. The second-order valence-corrected chi connectivity index (χ2v) is 7.57. The third-order valence-electron chi connectivity index (χ3n) is 5.27. The molecular formula is C20H31ClN2O2. The topological polar surface area (TPSA) is 50.4 Å². The van der Waals surface area contributed by atoms with Crippen molar-refractivity contribution in [1.29, 1.82) is 0 Å². The Kier molecular flexibility index (Phi) is 7.57. The molecule has 0 saturated carbocycles. The van der Waals surface area contributed by atoms with Crippen LogP contribution in [0, 0.1) is 5.92 Å². The number of ether oxygens (including phenoxy) is 1. The lowest BCUT2D eigenvalue weighted by atomic mass is 9.89. The molecule has 2 N–H and O–H groups in total. The monoisotopic (exact) mass is 366 g/mol. The largest absolute Gasteiger partial charge is 0.491 e. The summed E-state index contributed by atoms with van der Waals surface area (Å²) >= 11 is 0. The Morgan fingerprint density at radius 2 is 1.92 bits per heavy atom. The van der Waals surface area contributed by atoms with E-state index in [4.69, 9.17) is 4.74 Å². The van der Waals surface area contributed by atoms with Gasteiger partial charge in [-0.2, -0.15) is 0 Å². The highest BCUT2D eigenvalue weighted by Crippen LogP contribution is 2.32. The van der Waals surface area contributed by atoms with Crippen molar-refractivity contribution < 1.29 is 9.53 Å². The zero-order chi connectivity index (χ0) is 16.9. The molecule has 2 aliphatic heterocycles. The minimum absolute atomic E-state index is 0. The van der Waals surface area contributed by atoms with Crippen LogP contribution >= 0.6 is 12.4 Å². The molecule has 4 nitrogen and oxygen atoms in total. The van der Waals surface area contributed by atoms with Gasteiger partial charge in [-0.3, -0.25) is 4.79 Å². The fraction of sp³-hybridized carbons (Fsp3) is 0.650. The van der Waals surface area contributed by atoms with Gasteiger partial charge in [0.25, 0.3) is 0 Å². The number of hydrogen-bond donors (Lipinski definition) is 2. The average Bonchev–Trinajstić information content (AvgIpc) is 2.90. The molecule has 0 radical (unpaired) electrons. The molecule has 140 valence electrons. The number of para-hydroxylation sites is 1. The Morgan fingerprint density at radius 3 is 2.60 bits per heavy atom. The Hall–Kier alpha value is -1.26. The zero-order valence-corrected chi connectivity index (χ0v) is 16.1. The second kappa shape index (κ2) is 9.44. The van der Waals surface area contributed by atoms with Crippen molar-refractivity contribution in [2.24, 2.45) is 5.92 Å². The summed E-state index contributed by atoms with van der Waals surface area (Å²) in [7, 11) is 0. The third-order valence-corrected chi connectivity index (χ3v) is 5.27. The lowest BCUT2D eigenvalue weighted by molar-refractivity contribution is -0.122. The lowest BCUT2D eigenvalue weighted by Gasteiger charge is -2.28. The minimum Gasteiger partial charge on any atom is -0.491 e. The van der Waals surface area contributed by atoms with Crippen LogP contribution in [-0.4, -0.2) is 31.1 Å². The summed E-state index contributed by atoms with van der Waals surface area (Å²) in [6.07, 6.45) is 5.54. The molecule has 2 heterocycles. The zero-order valence-electron chi connectivity index (χ0n) is 15.3. The number of carbonyl (C=O) groups excluding carboxylic acids is 1. The predicted molar refractivity (Wildman–Crippen MR) is 104 cm³/mol. The first-order valence-electron chi connectivity index (χ1n) is 9.36. The molecule has 2 aliphatic rings. The maximum absolute atomic E-state index is 12.1. The van der Waals surface area contributed by atoms with Crippen LogP contribution in [-0.2, 0) is 4.79 Å². The molecule has 2 bridgehead atoms. The van der Waals surface area contributed by atoms with Crippen LogP contribution < -0.4 is 15.4 Å². The summed E-state index contributed by atoms with van der Waals surface area (Å²) in [6.45, 7) is 5.42. The van der Waals surface area contributed by atoms with E-state index >= 15 is 0 Å². The quantitative estimate of drug-likeness (QED) is 0.724. The predicted octanol–water partition coefficient (Wildman–Crippen LogP) is 3.65. The van der Waals surface area contributed by atoms with Gasteiger partial charge >= 0.3 is 0 Å². The molecule has 0 aromatic heterocycles. The first-order valence-corrected chi connectivity index (χ1v) is 9.36. The van der Waals surface area contributed by atoms with Crippen molar-refractivity contribution in [3.63, 3.8) is 0 Å². The van der Waals surface area contributed by atoms with Gasteiger partial charge in [-0.05, 0) is 49.1 Å². The Balaban J connectivity index is 0.00000225.